The van der Waals surface area contributed by atoms with E-state index >= 15 is 0 Å². The Kier molecular flexibility index (Phi) is 4.31. The summed E-state index contributed by atoms with van der Waals surface area (Å²) >= 11 is 6.04. The van der Waals surface area contributed by atoms with Gasteiger partial charge in [0.15, 0.2) is 5.75 Å². The van der Waals surface area contributed by atoms with Crippen LogP contribution in [0.1, 0.15) is 28.3 Å². The first kappa shape index (κ1) is 17.7. The van der Waals surface area contributed by atoms with Crippen LogP contribution in [0.2, 0.25) is 5.02 Å². The first-order chi connectivity index (χ1) is 13.5. The van der Waals surface area contributed by atoms with Gasteiger partial charge in [-0.1, -0.05) is 41.4 Å². The molecule has 0 saturated heterocycles. The predicted molar refractivity (Wildman–Crippen MR) is 106 cm³/mol. The van der Waals surface area contributed by atoms with Crippen LogP contribution in [0.4, 0.5) is 0 Å². The number of rotatable bonds is 2. The zero-order valence-corrected chi connectivity index (χ0v) is 15.7. The van der Waals surface area contributed by atoms with Crippen LogP contribution in [-0.4, -0.2) is 4.57 Å². The molecule has 1 aliphatic heterocycles. The molecular formula is C22H15ClN4O. The number of hydrogen-bond donors (Lipinski definition) is 1. The summed E-state index contributed by atoms with van der Waals surface area (Å²) in [4.78, 5) is 0. The van der Waals surface area contributed by atoms with Gasteiger partial charge in [-0.05, 0) is 36.8 Å². The highest BCUT2D eigenvalue weighted by Crippen LogP contribution is 2.45. The average Bonchev–Trinajstić information content (AvgIpc) is 3.06. The number of nitrogens with zero attached hydrogens (tertiary/aromatic N) is 3. The molecular weight excluding hydrogens is 372 g/mol. The van der Waals surface area contributed by atoms with Gasteiger partial charge in [0.1, 0.15) is 23.3 Å². The van der Waals surface area contributed by atoms with Crippen LogP contribution >= 0.6 is 11.6 Å². The second-order valence-corrected chi connectivity index (χ2v) is 6.99. The van der Waals surface area contributed by atoms with Gasteiger partial charge >= 0.3 is 0 Å². The van der Waals surface area contributed by atoms with E-state index in [1.165, 1.54) is 0 Å². The maximum absolute atomic E-state index is 9.77. The summed E-state index contributed by atoms with van der Waals surface area (Å²) in [6.07, 6.45) is 1.71. The van der Waals surface area contributed by atoms with Crippen LogP contribution in [0.5, 0.6) is 5.75 Å². The van der Waals surface area contributed by atoms with E-state index in [-0.39, 0.29) is 5.88 Å². The van der Waals surface area contributed by atoms with Gasteiger partial charge in [0.05, 0.1) is 11.6 Å². The SMILES string of the molecule is Cc1ccc(-n2cc(C#N)c3c2C(c2ccc(Cl)cc2)C(C#N)=C(N)O3)cc1. The molecule has 1 aromatic heterocycles. The Morgan fingerprint density at radius 2 is 1.71 bits per heavy atom. The summed E-state index contributed by atoms with van der Waals surface area (Å²) in [5, 5.41) is 20.0. The lowest BCUT2D eigenvalue weighted by atomic mass is 9.86. The normalized spacial score (nSPS) is 15.4. The van der Waals surface area contributed by atoms with Gasteiger partial charge in [0, 0.05) is 16.9 Å². The highest BCUT2D eigenvalue weighted by Gasteiger charge is 2.36. The number of ether oxygens (including phenoxy) is 1. The van der Waals surface area contributed by atoms with Crippen molar-refractivity contribution in [1.82, 2.24) is 4.57 Å². The van der Waals surface area contributed by atoms with Gasteiger partial charge in [0.25, 0.3) is 0 Å². The van der Waals surface area contributed by atoms with E-state index in [9.17, 15) is 10.5 Å². The fourth-order valence-electron chi connectivity index (χ4n) is 3.42. The number of nitriles is 2. The monoisotopic (exact) mass is 386 g/mol. The first-order valence-corrected chi connectivity index (χ1v) is 8.96. The second-order valence-electron chi connectivity index (χ2n) is 6.55. The molecule has 1 atom stereocenters. The highest BCUT2D eigenvalue weighted by molar-refractivity contribution is 6.30. The molecule has 1 unspecified atom stereocenters. The standard InChI is InChI=1S/C22H15ClN4O/c1-13-2-8-17(9-3-13)27-12-15(10-24)21-20(27)19(18(11-25)22(26)28-21)14-4-6-16(23)7-5-14/h2-9,12,19H,26H2,1H3. The van der Waals surface area contributed by atoms with Crippen molar-refractivity contribution < 1.29 is 4.74 Å². The molecule has 1 aliphatic rings. The minimum atomic E-state index is -0.477. The molecule has 2 N–H and O–H groups in total. The molecule has 0 aliphatic carbocycles. The summed E-state index contributed by atoms with van der Waals surface area (Å²) < 4.78 is 7.61. The summed E-state index contributed by atoms with van der Waals surface area (Å²) in [6.45, 7) is 2.01. The molecule has 5 nitrogen and oxygen atoms in total. The fraction of sp³-hybridized carbons (Fsp3) is 0.0909. The van der Waals surface area contributed by atoms with Crippen molar-refractivity contribution >= 4 is 11.6 Å². The summed E-state index contributed by atoms with van der Waals surface area (Å²) in [5.74, 6) is -0.0953. The van der Waals surface area contributed by atoms with Crippen LogP contribution in [0.25, 0.3) is 5.69 Å². The molecule has 3 aromatic rings. The van der Waals surface area contributed by atoms with Crippen molar-refractivity contribution in [3.63, 3.8) is 0 Å². The van der Waals surface area contributed by atoms with Crippen LogP contribution in [0, 0.1) is 29.6 Å². The Balaban J connectivity index is 2.01. The van der Waals surface area contributed by atoms with Gasteiger partial charge < -0.3 is 15.0 Å². The number of halogens is 1. The molecule has 0 saturated carbocycles. The van der Waals surface area contributed by atoms with Crippen LogP contribution in [0.15, 0.2) is 66.2 Å². The third kappa shape index (κ3) is 2.79. The van der Waals surface area contributed by atoms with Crippen molar-refractivity contribution in [2.75, 3.05) is 0 Å². The fourth-order valence-corrected chi connectivity index (χ4v) is 3.55. The lowest BCUT2D eigenvalue weighted by Gasteiger charge is -2.26. The molecule has 28 heavy (non-hydrogen) atoms. The van der Waals surface area contributed by atoms with Gasteiger partial charge in [-0.2, -0.15) is 10.5 Å². The van der Waals surface area contributed by atoms with Crippen molar-refractivity contribution in [2.24, 2.45) is 5.73 Å². The average molecular weight is 387 g/mol. The molecule has 0 amide bonds. The Hall–Kier alpha value is -3.67. The molecule has 6 heteroatoms. The van der Waals surface area contributed by atoms with Crippen molar-refractivity contribution in [1.29, 1.82) is 10.5 Å². The quantitative estimate of drug-likeness (QED) is 0.700. The molecule has 2 heterocycles. The van der Waals surface area contributed by atoms with Crippen LogP contribution in [0.3, 0.4) is 0 Å². The van der Waals surface area contributed by atoms with E-state index in [0.29, 0.717) is 27.6 Å². The summed E-state index contributed by atoms with van der Waals surface area (Å²) in [5.41, 5.74) is 10.2. The van der Waals surface area contributed by atoms with Crippen molar-refractivity contribution in [3.8, 4) is 23.6 Å². The molecule has 2 aromatic carbocycles. The predicted octanol–water partition coefficient (Wildman–Crippen LogP) is 4.53. The Morgan fingerprint density at radius 1 is 1.04 bits per heavy atom. The van der Waals surface area contributed by atoms with Crippen molar-refractivity contribution in [3.05, 3.63) is 93.6 Å². The number of benzene rings is 2. The number of fused-ring (bicyclic) bond motifs is 1. The van der Waals surface area contributed by atoms with Gasteiger partial charge in [0.2, 0.25) is 5.88 Å². The smallest absolute Gasteiger partial charge is 0.205 e. The zero-order chi connectivity index (χ0) is 19.8. The van der Waals surface area contributed by atoms with E-state index in [1.807, 2.05) is 47.9 Å². The third-order valence-corrected chi connectivity index (χ3v) is 5.04. The topological polar surface area (TPSA) is 87.8 Å². The maximum atomic E-state index is 9.77. The molecule has 0 fully saturated rings. The van der Waals surface area contributed by atoms with E-state index in [4.69, 9.17) is 22.1 Å². The Labute approximate surface area is 167 Å². The van der Waals surface area contributed by atoms with E-state index in [0.717, 1.165) is 16.8 Å². The molecule has 0 radical (unpaired) electrons. The maximum Gasteiger partial charge on any atom is 0.205 e. The molecule has 136 valence electrons. The number of aromatic nitrogens is 1. The van der Waals surface area contributed by atoms with E-state index < -0.39 is 5.92 Å². The lowest BCUT2D eigenvalue weighted by molar-refractivity contribution is 0.390. The minimum absolute atomic E-state index is 0.00751. The zero-order valence-electron chi connectivity index (χ0n) is 15.0. The number of nitrogens with two attached hydrogens (primary N) is 1. The summed E-state index contributed by atoms with van der Waals surface area (Å²) in [7, 11) is 0. The van der Waals surface area contributed by atoms with Crippen molar-refractivity contribution in [2.45, 2.75) is 12.8 Å². The van der Waals surface area contributed by atoms with Gasteiger partial charge in [-0.15, -0.1) is 0 Å². The third-order valence-electron chi connectivity index (χ3n) is 4.79. The van der Waals surface area contributed by atoms with E-state index in [2.05, 4.69) is 12.1 Å². The van der Waals surface area contributed by atoms with Gasteiger partial charge in [-0.25, -0.2) is 0 Å². The van der Waals surface area contributed by atoms with Crippen LogP contribution < -0.4 is 10.5 Å². The van der Waals surface area contributed by atoms with Crippen LogP contribution in [-0.2, 0) is 0 Å². The van der Waals surface area contributed by atoms with E-state index in [1.54, 1.807) is 18.3 Å². The first-order valence-electron chi connectivity index (χ1n) is 8.59. The number of allylic oxidation sites excluding steroid dienone is 1. The molecule has 0 spiro atoms. The molecule has 0 bridgehead atoms. The number of aryl methyl sites for hydroxylation is 1. The van der Waals surface area contributed by atoms with Gasteiger partial charge in [-0.3, -0.25) is 0 Å². The minimum Gasteiger partial charge on any atom is -0.437 e. The second kappa shape index (κ2) is 6.81. The summed E-state index contributed by atoms with van der Waals surface area (Å²) in [6, 6.07) is 19.5. The Bertz CT molecular complexity index is 1180. The number of hydrogen-bond acceptors (Lipinski definition) is 4. The highest BCUT2D eigenvalue weighted by atomic mass is 35.5. The Morgan fingerprint density at radius 3 is 2.32 bits per heavy atom. The largest absolute Gasteiger partial charge is 0.437 e. The molecule has 4 rings (SSSR count). The lowest BCUT2D eigenvalue weighted by Crippen LogP contribution is -2.22.